The molecule has 0 aromatic carbocycles. The van der Waals surface area contributed by atoms with E-state index in [2.05, 4.69) is 23.2 Å². The molecule has 0 bridgehead atoms. The van der Waals surface area contributed by atoms with E-state index in [0.29, 0.717) is 6.42 Å². The van der Waals surface area contributed by atoms with E-state index in [1.807, 2.05) is 0 Å². The molecule has 0 fully saturated rings. The molecule has 1 aromatic rings. The van der Waals surface area contributed by atoms with E-state index in [1.54, 1.807) is 0 Å². The van der Waals surface area contributed by atoms with Gasteiger partial charge in [0.15, 0.2) is 0 Å². The maximum atomic E-state index is 9.58. The Morgan fingerprint density at radius 3 is 2.79 bits per heavy atom. The number of aryl methyl sites for hydroxylation is 1. The van der Waals surface area contributed by atoms with Crippen LogP contribution in [0.3, 0.4) is 0 Å². The smallest absolute Gasteiger partial charge is 0.142 e. The quantitative estimate of drug-likeness (QED) is 0.789. The van der Waals surface area contributed by atoms with Crippen molar-refractivity contribution in [3.8, 4) is 0 Å². The summed E-state index contributed by atoms with van der Waals surface area (Å²) < 4.78 is 4.24. The highest BCUT2D eigenvalue weighted by atomic mass is 32.1. The average molecular weight is 214 g/mol. The van der Waals surface area contributed by atoms with E-state index in [9.17, 15) is 5.11 Å². The minimum Gasteiger partial charge on any atom is -0.393 e. The minimum atomic E-state index is -0.248. The van der Waals surface area contributed by atoms with E-state index in [4.69, 9.17) is 0 Å². The molecule has 0 aliphatic carbocycles. The number of rotatable bonds is 6. The van der Waals surface area contributed by atoms with Crippen molar-refractivity contribution < 1.29 is 5.11 Å². The topological polar surface area (TPSA) is 46.0 Å². The van der Waals surface area contributed by atoms with E-state index in [1.165, 1.54) is 11.5 Å². The lowest BCUT2D eigenvalue weighted by Gasteiger charge is -2.04. The maximum absolute atomic E-state index is 9.58. The van der Waals surface area contributed by atoms with Crippen LogP contribution in [0.25, 0.3) is 0 Å². The van der Waals surface area contributed by atoms with Crippen molar-refractivity contribution in [3.63, 3.8) is 0 Å². The Balaban J connectivity index is 2.42. The molecular weight excluding hydrogens is 196 g/mol. The van der Waals surface area contributed by atoms with Gasteiger partial charge in [-0.2, -0.15) is 4.37 Å². The van der Waals surface area contributed by atoms with Crippen LogP contribution in [0.2, 0.25) is 0 Å². The van der Waals surface area contributed by atoms with E-state index >= 15 is 0 Å². The molecule has 0 aliphatic rings. The summed E-state index contributed by atoms with van der Waals surface area (Å²) in [5.41, 5.74) is 0. The molecule has 1 N–H and O–H groups in total. The normalized spacial score (nSPS) is 13.1. The summed E-state index contributed by atoms with van der Waals surface area (Å²) in [4.78, 5) is 4.37. The van der Waals surface area contributed by atoms with Crippen LogP contribution in [0.15, 0.2) is 0 Å². The number of aromatic nitrogens is 2. The van der Waals surface area contributed by atoms with E-state index in [-0.39, 0.29) is 6.10 Å². The molecule has 0 aliphatic heterocycles. The zero-order chi connectivity index (χ0) is 10.4. The molecular formula is C10H18N2OS. The largest absolute Gasteiger partial charge is 0.393 e. The highest BCUT2D eigenvalue weighted by Gasteiger charge is 2.08. The second-order valence-corrected chi connectivity index (χ2v) is 4.34. The van der Waals surface area contributed by atoms with Gasteiger partial charge in [-0.05, 0) is 24.4 Å². The predicted octanol–water partition coefficient (Wildman–Crippen LogP) is 2.19. The van der Waals surface area contributed by atoms with Gasteiger partial charge in [-0.1, -0.05) is 20.3 Å². The fourth-order valence-corrected chi connectivity index (χ4v) is 2.09. The molecule has 1 atom stereocenters. The summed E-state index contributed by atoms with van der Waals surface area (Å²) in [6.45, 7) is 4.19. The van der Waals surface area contributed by atoms with Crippen LogP contribution < -0.4 is 0 Å². The number of hydrogen-bond acceptors (Lipinski definition) is 4. The van der Waals surface area contributed by atoms with Gasteiger partial charge in [0.1, 0.15) is 10.8 Å². The fraction of sp³-hybridized carbons (Fsp3) is 0.800. The lowest BCUT2D eigenvalue weighted by Crippen LogP contribution is -2.09. The first-order chi connectivity index (χ1) is 6.76. The van der Waals surface area contributed by atoms with Crippen molar-refractivity contribution >= 4 is 11.5 Å². The summed E-state index contributed by atoms with van der Waals surface area (Å²) in [7, 11) is 0. The highest BCUT2D eigenvalue weighted by molar-refractivity contribution is 7.05. The van der Waals surface area contributed by atoms with Gasteiger partial charge >= 0.3 is 0 Å². The second kappa shape index (κ2) is 6.09. The van der Waals surface area contributed by atoms with Crippen LogP contribution in [0.1, 0.15) is 43.9 Å². The van der Waals surface area contributed by atoms with E-state index < -0.39 is 0 Å². The molecule has 0 saturated heterocycles. The van der Waals surface area contributed by atoms with Crippen LogP contribution >= 0.6 is 11.5 Å². The van der Waals surface area contributed by atoms with Crippen molar-refractivity contribution in [1.29, 1.82) is 0 Å². The van der Waals surface area contributed by atoms with Gasteiger partial charge < -0.3 is 5.11 Å². The number of aliphatic hydroxyl groups excluding tert-OH is 1. The Bertz CT molecular complexity index is 262. The van der Waals surface area contributed by atoms with Crippen molar-refractivity contribution in [3.05, 3.63) is 10.8 Å². The Kier molecular flexibility index (Phi) is 5.04. The molecule has 80 valence electrons. The van der Waals surface area contributed by atoms with Crippen LogP contribution in [-0.4, -0.2) is 20.6 Å². The minimum absolute atomic E-state index is 0.248. The summed E-state index contributed by atoms with van der Waals surface area (Å²) in [6.07, 6.45) is 4.30. The average Bonchev–Trinajstić information content (AvgIpc) is 2.53. The van der Waals surface area contributed by atoms with Crippen molar-refractivity contribution in [2.75, 3.05) is 0 Å². The lowest BCUT2D eigenvalue weighted by molar-refractivity contribution is 0.164. The Morgan fingerprint density at radius 1 is 1.36 bits per heavy atom. The van der Waals surface area contributed by atoms with Gasteiger partial charge in [-0.25, -0.2) is 4.98 Å². The molecule has 4 heteroatoms. The van der Waals surface area contributed by atoms with Gasteiger partial charge in [0.2, 0.25) is 0 Å². The Labute approximate surface area is 89.4 Å². The molecule has 0 spiro atoms. The first-order valence-electron chi connectivity index (χ1n) is 5.25. The van der Waals surface area contributed by atoms with Gasteiger partial charge in [0, 0.05) is 12.8 Å². The number of hydrogen-bond donors (Lipinski definition) is 1. The first-order valence-corrected chi connectivity index (χ1v) is 6.03. The molecule has 0 radical (unpaired) electrons. The number of aliphatic hydroxyl groups is 1. The lowest BCUT2D eigenvalue weighted by atomic mass is 10.1. The second-order valence-electron chi connectivity index (χ2n) is 3.50. The summed E-state index contributed by atoms with van der Waals surface area (Å²) in [5, 5.41) is 10.5. The third kappa shape index (κ3) is 3.72. The Morgan fingerprint density at radius 2 is 2.14 bits per heavy atom. The molecule has 3 nitrogen and oxygen atoms in total. The van der Waals surface area contributed by atoms with Crippen LogP contribution in [0.5, 0.6) is 0 Å². The molecule has 1 aromatic heterocycles. The third-order valence-electron chi connectivity index (χ3n) is 2.02. The predicted molar refractivity (Wildman–Crippen MR) is 58.5 cm³/mol. The van der Waals surface area contributed by atoms with Crippen molar-refractivity contribution in [1.82, 2.24) is 9.36 Å². The highest BCUT2D eigenvalue weighted by Crippen LogP contribution is 2.11. The Hall–Kier alpha value is -0.480. The SMILES string of the molecule is CCCc1nsc(CC(O)CCC)n1. The molecule has 14 heavy (non-hydrogen) atoms. The summed E-state index contributed by atoms with van der Waals surface area (Å²) in [6, 6.07) is 0. The fourth-order valence-electron chi connectivity index (χ4n) is 1.34. The van der Waals surface area contributed by atoms with Crippen molar-refractivity contribution in [2.24, 2.45) is 0 Å². The summed E-state index contributed by atoms with van der Waals surface area (Å²) in [5.74, 6) is 0.927. The molecule has 0 amide bonds. The standard InChI is InChI=1S/C10H18N2OS/c1-3-5-8(13)7-10-11-9(6-4-2)12-14-10/h8,13H,3-7H2,1-2H3. The molecule has 1 rings (SSSR count). The van der Waals surface area contributed by atoms with Gasteiger partial charge in [-0.3, -0.25) is 0 Å². The zero-order valence-corrected chi connectivity index (χ0v) is 9.68. The molecule has 1 unspecified atom stereocenters. The zero-order valence-electron chi connectivity index (χ0n) is 8.86. The van der Waals surface area contributed by atoms with Gasteiger partial charge in [0.05, 0.1) is 6.10 Å². The monoisotopic (exact) mass is 214 g/mol. The first kappa shape index (κ1) is 11.6. The maximum Gasteiger partial charge on any atom is 0.142 e. The van der Waals surface area contributed by atoms with Gasteiger partial charge in [-0.15, -0.1) is 0 Å². The van der Waals surface area contributed by atoms with Crippen LogP contribution in [0.4, 0.5) is 0 Å². The number of nitrogens with zero attached hydrogens (tertiary/aromatic N) is 2. The van der Waals surface area contributed by atoms with Crippen LogP contribution in [0, 0.1) is 0 Å². The van der Waals surface area contributed by atoms with Crippen molar-refractivity contribution in [2.45, 2.75) is 52.1 Å². The third-order valence-corrected chi connectivity index (χ3v) is 2.79. The molecule has 0 saturated carbocycles. The van der Waals surface area contributed by atoms with Gasteiger partial charge in [0.25, 0.3) is 0 Å². The summed E-state index contributed by atoms with van der Waals surface area (Å²) >= 11 is 1.42. The molecule has 1 heterocycles. The van der Waals surface area contributed by atoms with E-state index in [0.717, 1.165) is 36.5 Å². The van der Waals surface area contributed by atoms with Crippen LogP contribution in [-0.2, 0) is 12.8 Å².